The van der Waals surface area contributed by atoms with Crippen LogP contribution >= 0.6 is 11.6 Å². The molecule has 6 nitrogen and oxygen atoms in total. The highest BCUT2D eigenvalue weighted by Crippen LogP contribution is 2.11. The minimum Gasteiger partial charge on any atom is -0.294 e. The molecule has 110 valence electrons. The predicted molar refractivity (Wildman–Crippen MR) is 81.5 cm³/mol. The Morgan fingerprint density at radius 2 is 2.05 bits per heavy atom. The molecule has 1 N–H and O–H groups in total. The van der Waals surface area contributed by atoms with Crippen LogP contribution < -0.4 is 5.56 Å². The molecule has 7 heteroatoms. The monoisotopic (exact) mass is 314 g/mol. The third-order valence-corrected chi connectivity index (χ3v) is 3.35. The number of halogens is 1. The molecule has 2 heterocycles. The van der Waals surface area contributed by atoms with Gasteiger partial charge in [-0.1, -0.05) is 11.6 Å². The third kappa shape index (κ3) is 2.96. The predicted octanol–water partition coefficient (Wildman–Crippen LogP) is 2.03. The molecular formula is C15H11ClN4O2. The number of hydrogen-bond acceptors (Lipinski definition) is 4. The number of benzene rings is 1. The Bertz CT molecular complexity index is 854. The maximum absolute atomic E-state index is 12.1. The maximum atomic E-state index is 12.1. The highest BCUT2D eigenvalue weighted by Gasteiger charge is 2.11. The Hall–Kier alpha value is -2.73. The number of carbonyl (C=O) groups excluding carboxylic acids is 1. The topological polar surface area (TPSA) is 80.6 Å². The van der Waals surface area contributed by atoms with Crippen molar-refractivity contribution >= 4 is 17.4 Å². The van der Waals surface area contributed by atoms with E-state index in [2.05, 4.69) is 15.1 Å². The van der Waals surface area contributed by atoms with Crippen LogP contribution in [0.3, 0.4) is 0 Å². The van der Waals surface area contributed by atoms with Crippen molar-refractivity contribution < 1.29 is 4.79 Å². The van der Waals surface area contributed by atoms with Crippen LogP contribution in [0.25, 0.3) is 5.95 Å². The van der Waals surface area contributed by atoms with Crippen molar-refractivity contribution in [2.75, 3.05) is 0 Å². The third-order valence-electron chi connectivity index (χ3n) is 3.10. The van der Waals surface area contributed by atoms with Gasteiger partial charge in [-0.05, 0) is 30.3 Å². The summed E-state index contributed by atoms with van der Waals surface area (Å²) < 4.78 is 1.44. The second-order valence-corrected chi connectivity index (χ2v) is 5.06. The summed E-state index contributed by atoms with van der Waals surface area (Å²) in [4.78, 5) is 30.9. The zero-order chi connectivity index (χ0) is 15.5. The molecule has 3 aromatic rings. The van der Waals surface area contributed by atoms with E-state index < -0.39 is 0 Å². The number of Topliss-reactive ketones (excluding diaryl/α,β-unsaturated/α-hetero) is 1. The van der Waals surface area contributed by atoms with E-state index in [4.69, 9.17) is 11.6 Å². The standard InChI is InChI=1S/C15H11ClN4O2/c16-12-4-2-10(3-5-12)13(21)8-11-9-17-15(19-14(11)22)20-7-1-6-18-20/h1-7,9H,8H2,(H,17,19,22). The number of rotatable bonds is 4. The van der Waals surface area contributed by atoms with Crippen molar-refractivity contribution in [1.82, 2.24) is 19.7 Å². The number of H-pyrrole nitrogens is 1. The summed E-state index contributed by atoms with van der Waals surface area (Å²) in [5.41, 5.74) is 0.443. The van der Waals surface area contributed by atoms with E-state index in [1.54, 1.807) is 42.7 Å². The van der Waals surface area contributed by atoms with Crippen molar-refractivity contribution in [3.8, 4) is 5.95 Å². The number of nitrogens with one attached hydrogen (secondary N) is 1. The molecular weight excluding hydrogens is 304 g/mol. The van der Waals surface area contributed by atoms with E-state index in [1.807, 2.05) is 0 Å². The lowest BCUT2D eigenvalue weighted by molar-refractivity contribution is 0.0992. The lowest BCUT2D eigenvalue weighted by Crippen LogP contribution is -2.20. The lowest BCUT2D eigenvalue weighted by atomic mass is 10.1. The van der Waals surface area contributed by atoms with Gasteiger partial charge in [0.1, 0.15) is 0 Å². The molecule has 0 amide bonds. The summed E-state index contributed by atoms with van der Waals surface area (Å²) in [7, 11) is 0. The molecule has 0 bridgehead atoms. The van der Waals surface area contributed by atoms with Gasteiger partial charge in [0.05, 0.1) is 0 Å². The van der Waals surface area contributed by atoms with Gasteiger partial charge >= 0.3 is 0 Å². The van der Waals surface area contributed by atoms with Gasteiger partial charge in [0.25, 0.3) is 5.56 Å². The SMILES string of the molecule is O=C(Cc1cnc(-n2cccn2)[nH]c1=O)c1ccc(Cl)cc1. The molecule has 3 rings (SSSR count). The molecule has 0 saturated heterocycles. The van der Waals surface area contributed by atoms with E-state index in [9.17, 15) is 9.59 Å². The van der Waals surface area contributed by atoms with Gasteiger partial charge in [-0.15, -0.1) is 0 Å². The zero-order valence-electron chi connectivity index (χ0n) is 11.4. The Balaban J connectivity index is 1.82. The molecule has 1 aromatic carbocycles. The van der Waals surface area contributed by atoms with Crippen LogP contribution in [-0.2, 0) is 6.42 Å². The normalized spacial score (nSPS) is 10.6. The number of nitrogens with zero attached hydrogens (tertiary/aromatic N) is 3. The molecule has 0 aliphatic rings. The Kier molecular flexibility index (Phi) is 3.84. The fraction of sp³-hybridized carbons (Fsp3) is 0.0667. The first-order chi connectivity index (χ1) is 10.6. The second kappa shape index (κ2) is 5.95. The average molecular weight is 315 g/mol. The van der Waals surface area contributed by atoms with E-state index in [1.165, 1.54) is 10.9 Å². The highest BCUT2D eigenvalue weighted by molar-refractivity contribution is 6.30. The van der Waals surface area contributed by atoms with Crippen LogP contribution in [0.15, 0.2) is 53.7 Å². The smallest absolute Gasteiger partial charge is 0.255 e. The van der Waals surface area contributed by atoms with Crippen molar-refractivity contribution in [3.63, 3.8) is 0 Å². The Morgan fingerprint density at radius 1 is 1.27 bits per heavy atom. The average Bonchev–Trinajstić information content (AvgIpc) is 3.04. The zero-order valence-corrected chi connectivity index (χ0v) is 12.1. The van der Waals surface area contributed by atoms with Crippen LogP contribution in [0.1, 0.15) is 15.9 Å². The molecule has 22 heavy (non-hydrogen) atoms. The van der Waals surface area contributed by atoms with Gasteiger partial charge in [0.2, 0.25) is 5.95 Å². The molecule has 0 saturated carbocycles. The molecule has 0 unspecified atom stereocenters. The minimum atomic E-state index is -0.359. The lowest BCUT2D eigenvalue weighted by Gasteiger charge is -2.03. The van der Waals surface area contributed by atoms with Gasteiger partial charge in [-0.2, -0.15) is 5.10 Å². The molecule has 0 aliphatic heterocycles. The first kappa shape index (κ1) is 14.2. The molecule has 0 aliphatic carbocycles. The van der Waals surface area contributed by atoms with E-state index in [-0.39, 0.29) is 17.8 Å². The van der Waals surface area contributed by atoms with E-state index in [0.29, 0.717) is 22.1 Å². The van der Waals surface area contributed by atoms with E-state index >= 15 is 0 Å². The summed E-state index contributed by atoms with van der Waals surface area (Å²) in [5.74, 6) is 0.133. The van der Waals surface area contributed by atoms with Crippen molar-refractivity contribution in [1.29, 1.82) is 0 Å². The highest BCUT2D eigenvalue weighted by atomic mass is 35.5. The van der Waals surface area contributed by atoms with Crippen LogP contribution in [-0.4, -0.2) is 25.5 Å². The van der Waals surface area contributed by atoms with Crippen LogP contribution in [0.2, 0.25) is 5.02 Å². The number of carbonyl (C=O) groups is 1. The van der Waals surface area contributed by atoms with Crippen LogP contribution in [0.4, 0.5) is 0 Å². The number of hydrogen-bond donors (Lipinski definition) is 1. The van der Waals surface area contributed by atoms with E-state index in [0.717, 1.165) is 0 Å². The number of ketones is 1. The Labute approximate surface area is 130 Å². The first-order valence-electron chi connectivity index (χ1n) is 6.50. The largest absolute Gasteiger partial charge is 0.294 e. The van der Waals surface area contributed by atoms with Gasteiger partial charge in [-0.3, -0.25) is 14.6 Å². The van der Waals surface area contributed by atoms with Crippen molar-refractivity contribution in [2.45, 2.75) is 6.42 Å². The summed E-state index contributed by atoms with van der Waals surface area (Å²) >= 11 is 5.78. The van der Waals surface area contributed by atoms with Gasteiger partial charge in [0, 0.05) is 41.2 Å². The molecule has 0 spiro atoms. The summed E-state index contributed by atoms with van der Waals surface area (Å²) in [6, 6.07) is 8.25. The summed E-state index contributed by atoms with van der Waals surface area (Å²) in [5, 5.41) is 4.53. The molecule has 0 fully saturated rings. The molecule has 2 aromatic heterocycles. The first-order valence-corrected chi connectivity index (χ1v) is 6.88. The Morgan fingerprint density at radius 3 is 2.68 bits per heavy atom. The summed E-state index contributed by atoms with van der Waals surface area (Å²) in [6.07, 6.45) is 4.61. The van der Waals surface area contributed by atoms with Crippen molar-refractivity contribution in [2.24, 2.45) is 0 Å². The van der Waals surface area contributed by atoms with Crippen LogP contribution in [0.5, 0.6) is 0 Å². The van der Waals surface area contributed by atoms with Gasteiger partial charge in [0.15, 0.2) is 5.78 Å². The number of aromatic nitrogens is 4. The minimum absolute atomic E-state index is 0.0245. The van der Waals surface area contributed by atoms with Crippen LogP contribution in [0, 0.1) is 0 Å². The fourth-order valence-electron chi connectivity index (χ4n) is 1.96. The van der Waals surface area contributed by atoms with Gasteiger partial charge in [-0.25, -0.2) is 9.67 Å². The molecule has 0 radical (unpaired) electrons. The second-order valence-electron chi connectivity index (χ2n) is 4.62. The summed E-state index contributed by atoms with van der Waals surface area (Å²) in [6.45, 7) is 0. The van der Waals surface area contributed by atoms with Crippen molar-refractivity contribution in [3.05, 3.63) is 75.4 Å². The maximum Gasteiger partial charge on any atom is 0.255 e. The van der Waals surface area contributed by atoms with Gasteiger partial charge < -0.3 is 0 Å². The molecule has 0 atom stereocenters. The number of aromatic amines is 1. The quantitative estimate of drug-likeness (QED) is 0.747. The fourth-order valence-corrected chi connectivity index (χ4v) is 2.09.